The average molecular weight is 252 g/mol. The summed E-state index contributed by atoms with van der Waals surface area (Å²) in [6.45, 7) is 3.84. The van der Waals surface area contributed by atoms with Crippen LogP contribution in [0.1, 0.15) is 20.3 Å². The van der Waals surface area contributed by atoms with Crippen LogP contribution >= 0.6 is 0 Å². The number of carbonyl (C=O) groups is 2. The van der Waals surface area contributed by atoms with Gasteiger partial charge in [-0.25, -0.2) is 4.39 Å². The molecule has 0 aliphatic carbocycles. The highest BCUT2D eigenvalue weighted by Gasteiger charge is 2.07. The van der Waals surface area contributed by atoms with Gasteiger partial charge >= 0.3 is 0 Å². The molecule has 0 unspecified atom stereocenters. The Morgan fingerprint density at radius 3 is 2.67 bits per heavy atom. The fourth-order valence-corrected chi connectivity index (χ4v) is 1.29. The first-order valence-electron chi connectivity index (χ1n) is 5.82. The maximum Gasteiger partial charge on any atom is 0.226 e. The average Bonchev–Trinajstić information content (AvgIpc) is 2.28. The summed E-state index contributed by atoms with van der Waals surface area (Å²) in [7, 11) is 0. The SMILES string of the molecule is CC(C)C(=O)NCCC(=O)Nc1cccc(F)c1. The lowest BCUT2D eigenvalue weighted by Gasteiger charge is -2.08. The van der Waals surface area contributed by atoms with Gasteiger partial charge in [0.25, 0.3) is 0 Å². The Hall–Kier alpha value is -1.91. The van der Waals surface area contributed by atoms with E-state index in [0.717, 1.165) is 0 Å². The minimum absolute atomic E-state index is 0.0893. The summed E-state index contributed by atoms with van der Waals surface area (Å²) in [6, 6.07) is 5.67. The minimum atomic E-state index is -0.402. The molecule has 0 saturated heterocycles. The van der Waals surface area contributed by atoms with Crippen LogP contribution in [-0.2, 0) is 9.59 Å². The standard InChI is InChI=1S/C13H17FN2O2/c1-9(2)13(18)15-7-6-12(17)16-11-5-3-4-10(14)8-11/h3-5,8-9H,6-7H2,1-2H3,(H,15,18)(H,16,17). The Balaban J connectivity index is 2.32. The summed E-state index contributed by atoms with van der Waals surface area (Å²) in [6.07, 6.45) is 0.162. The van der Waals surface area contributed by atoms with Gasteiger partial charge in [-0.2, -0.15) is 0 Å². The summed E-state index contributed by atoms with van der Waals surface area (Å²) < 4.78 is 12.9. The van der Waals surface area contributed by atoms with E-state index in [1.54, 1.807) is 19.9 Å². The van der Waals surface area contributed by atoms with Gasteiger partial charge in [-0.15, -0.1) is 0 Å². The van der Waals surface area contributed by atoms with E-state index in [2.05, 4.69) is 10.6 Å². The summed E-state index contributed by atoms with van der Waals surface area (Å²) >= 11 is 0. The van der Waals surface area contributed by atoms with Crippen molar-refractivity contribution in [1.82, 2.24) is 5.32 Å². The van der Waals surface area contributed by atoms with Crippen molar-refractivity contribution in [1.29, 1.82) is 0 Å². The smallest absolute Gasteiger partial charge is 0.226 e. The molecule has 98 valence electrons. The van der Waals surface area contributed by atoms with Gasteiger partial charge in [-0.1, -0.05) is 19.9 Å². The van der Waals surface area contributed by atoms with Crippen LogP contribution < -0.4 is 10.6 Å². The van der Waals surface area contributed by atoms with E-state index >= 15 is 0 Å². The topological polar surface area (TPSA) is 58.2 Å². The quantitative estimate of drug-likeness (QED) is 0.841. The molecule has 0 aliphatic heterocycles. The molecule has 0 aromatic heterocycles. The van der Waals surface area contributed by atoms with Gasteiger partial charge in [0.2, 0.25) is 11.8 Å². The van der Waals surface area contributed by atoms with Crippen LogP contribution in [0.2, 0.25) is 0 Å². The van der Waals surface area contributed by atoms with Crippen LogP contribution in [0.25, 0.3) is 0 Å². The van der Waals surface area contributed by atoms with Crippen LogP contribution in [0.3, 0.4) is 0 Å². The number of hydrogen-bond donors (Lipinski definition) is 2. The summed E-state index contributed by atoms with van der Waals surface area (Å²) in [4.78, 5) is 22.7. The van der Waals surface area contributed by atoms with E-state index in [1.165, 1.54) is 18.2 Å². The number of rotatable bonds is 5. The van der Waals surface area contributed by atoms with Gasteiger partial charge in [0.1, 0.15) is 5.82 Å². The number of anilines is 1. The molecule has 0 spiro atoms. The molecular formula is C13H17FN2O2. The van der Waals surface area contributed by atoms with E-state index in [-0.39, 0.29) is 30.7 Å². The summed E-state index contributed by atoms with van der Waals surface area (Å²) in [5, 5.41) is 5.19. The molecule has 2 amide bonds. The van der Waals surface area contributed by atoms with Crippen LogP contribution in [-0.4, -0.2) is 18.4 Å². The van der Waals surface area contributed by atoms with Gasteiger partial charge < -0.3 is 10.6 Å². The first-order valence-corrected chi connectivity index (χ1v) is 5.82. The lowest BCUT2D eigenvalue weighted by atomic mass is 10.2. The zero-order chi connectivity index (χ0) is 13.5. The Kier molecular flexibility index (Phi) is 5.30. The number of benzene rings is 1. The highest BCUT2D eigenvalue weighted by Crippen LogP contribution is 2.09. The van der Waals surface area contributed by atoms with Crippen molar-refractivity contribution < 1.29 is 14.0 Å². The molecule has 1 aromatic rings. The van der Waals surface area contributed by atoms with Crippen LogP contribution in [0.15, 0.2) is 24.3 Å². The summed E-state index contributed by atoms with van der Waals surface area (Å²) in [5.74, 6) is -0.851. The van der Waals surface area contributed by atoms with Crippen molar-refractivity contribution in [3.05, 3.63) is 30.1 Å². The van der Waals surface area contributed by atoms with Crippen molar-refractivity contribution >= 4 is 17.5 Å². The molecule has 0 radical (unpaired) electrons. The molecule has 2 N–H and O–H groups in total. The number of hydrogen-bond acceptors (Lipinski definition) is 2. The monoisotopic (exact) mass is 252 g/mol. The Labute approximate surface area is 106 Å². The number of nitrogens with one attached hydrogen (secondary N) is 2. The molecule has 5 heteroatoms. The lowest BCUT2D eigenvalue weighted by Crippen LogP contribution is -2.30. The molecule has 0 fully saturated rings. The van der Waals surface area contributed by atoms with Crippen molar-refractivity contribution in [2.45, 2.75) is 20.3 Å². The van der Waals surface area contributed by atoms with Crippen LogP contribution in [0.4, 0.5) is 10.1 Å². The molecule has 1 rings (SSSR count). The Bertz CT molecular complexity index is 433. The van der Waals surface area contributed by atoms with Crippen molar-refractivity contribution in [2.24, 2.45) is 5.92 Å². The minimum Gasteiger partial charge on any atom is -0.355 e. The third-order valence-corrected chi connectivity index (χ3v) is 2.28. The fraction of sp³-hybridized carbons (Fsp3) is 0.385. The lowest BCUT2D eigenvalue weighted by molar-refractivity contribution is -0.124. The molecule has 0 aliphatic rings. The van der Waals surface area contributed by atoms with Gasteiger partial charge in [0.15, 0.2) is 0 Å². The first kappa shape index (κ1) is 14.2. The summed E-state index contributed by atoms with van der Waals surface area (Å²) in [5.41, 5.74) is 0.412. The van der Waals surface area contributed by atoms with Gasteiger partial charge in [-0.05, 0) is 18.2 Å². The fourth-order valence-electron chi connectivity index (χ4n) is 1.29. The highest BCUT2D eigenvalue weighted by molar-refractivity contribution is 5.91. The predicted octanol–water partition coefficient (Wildman–Crippen LogP) is 1.93. The number of halogens is 1. The maximum atomic E-state index is 12.9. The van der Waals surface area contributed by atoms with Gasteiger partial charge in [0, 0.05) is 24.6 Å². The second-order valence-electron chi connectivity index (χ2n) is 4.25. The zero-order valence-electron chi connectivity index (χ0n) is 10.5. The molecule has 1 aromatic carbocycles. The molecule has 0 atom stereocenters. The van der Waals surface area contributed by atoms with Crippen LogP contribution in [0.5, 0.6) is 0 Å². The molecule has 0 bridgehead atoms. The largest absolute Gasteiger partial charge is 0.355 e. The zero-order valence-corrected chi connectivity index (χ0v) is 10.5. The van der Waals surface area contributed by atoms with Crippen molar-refractivity contribution in [3.63, 3.8) is 0 Å². The molecule has 4 nitrogen and oxygen atoms in total. The molecule has 0 heterocycles. The highest BCUT2D eigenvalue weighted by atomic mass is 19.1. The second-order valence-corrected chi connectivity index (χ2v) is 4.25. The van der Waals surface area contributed by atoms with Gasteiger partial charge in [-0.3, -0.25) is 9.59 Å². The number of carbonyl (C=O) groups excluding carboxylic acids is 2. The maximum absolute atomic E-state index is 12.9. The normalized spacial score (nSPS) is 10.2. The Morgan fingerprint density at radius 1 is 1.33 bits per heavy atom. The predicted molar refractivity (Wildman–Crippen MR) is 67.5 cm³/mol. The van der Waals surface area contributed by atoms with Gasteiger partial charge in [0.05, 0.1) is 0 Å². The first-order chi connectivity index (χ1) is 8.49. The van der Waals surface area contributed by atoms with E-state index < -0.39 is 5.82 Å². The molecular weight excluding hydrogens is 235 g/mol. The van der Waals surface area contributed by atoms with Crippen molar-refractivity contribution in [3.8, 4) is 0 Å². The van der Waals surface area contributed by atoms with E-state index in [4.69, 9.17) is 0 Å². The van der Waals surface area contributed by atoms with E-state index in [1.807, 2.05) is 0 Å². The Morgan fingerprint density at radius 2 is 2.06 bits per heavy atom. The third-order valence-electron chi connectivity index (χ3n) is 2.28. The van der Waals surface area contributed by atoms with Crippen molar-refractivity contribution in [2.75, 3.05) is 11.9 Å². The third kappa shape index (κ3) is 4.95. The van der Waals surface area contributed by atoms with Crippen LogP contribution in [0, 0.1) is 11.7 Å². The van der Waals surface area contributed by atoms with E-state index in [9.17, 15) is 14.0 Å². The molecule has 18 heavy (non-hydrogen) atoms. The van der Waals surface area contributed by atoms with E-state index in [0.29, 0.717) is 5.69 Å². The second kappa shape index (κ2) is 6.74. The molecule has 0 saturated carbocycles. The number of amides is 2.